The van der Waals surface area contributed by atoms with E-state index in [4.69, 9.17) is 0 Å². The first kappa shape index (κ1) is 13.3. The second-order valence-corrected chi connectivity index (χ2v) is 5.87. The Bertz CT molecular complexity index is 543. The van der Waals surface area contributed by atoms with Crippen molar-refractivity contribution in [2.45, 2.75) is 38.8 Å². The molecule has 1 N–H and O–H groups in total. The maximum Gasteiger partial charge on any atom is 0.0570 e. The van der Waals surface area contributed by atoms with Crippen LogP contribution in [-0.2, 0) is 0 Å². The second kappa shape index (κ2) is 5.76. The van der Waals surface area contributed by atoms with Gasteiger partial charge >= 0.3 is 0 Å². The van der Waals surface area contributed by atoms with Crippen LogP contribution >= 0.6 is 0 Å². The van der Waals surface area contributed by atoms with Crippen LogP contribution in [0.15, 0.2) is 48.7 Å². The molecule has 1 aromatic carbocycles. The maximum absolute atomic E-state index is 4.46. The monoisotopic (exact) mass is 266 g/mol. The van der Waals surface area contributed by atoms with Gasteiger partial charge in [-0.15, -0.1) is 0 Å². The van der Waals surface area contributed by atoms with Crippen molar-refractivity contribution in [2.75, 3.05) is 0 Å². The van der Waals surface area contributed by atoms with Crippen molar-refractivity contribution >= 4 is 0 Å². The van der Waals surface area contributed by atoms with Crippen LogP contribution in [0.4, 0.5) is 0 Å². The van der Waals surface area contributed by atoms with Gasteiger partial charge in [-0.05, 0) is 50.3 Å². The molecule has 1 aliphatic carbocycles. The molecule has 0 aliphatic heterocycles. The molecule has 0 radical (unpaired) electrons. The number of hydrogen-bond donors (Lipinski definition) is 1. The van der Waals surface area contributed by atoms with Crippen LogP contribution in [0.25, 0.3) is 0 Å². The lowest BCUT2D eigenvalue weighted by Crippen LogP contribution is -2.26. The Hall–Kier alpha value is -1.67. The number of nitrogens with one attached hydrogen (secondary N) is 1. The predicted octanol–water partition coefficient (Wildman–Crippen LogP) is 4.19. The molecule has 1 aliphatic rings. The van der Waals surface area contributed by atoms with Crippen molar-refractivity contribution in [3.05, 3.63) is 65.5 Å². The normalized spacial score (nSPS) is 17.7. The number of benzene rings is 1. The highest BCUT2D eigenvalue weighted by atomic mass is 15.0. The van der Waals surface area contributed by atoms with Gasteiger partial charge in [0, 0.05) is 18.3 Å². The van der Waals surface area contributed by atoms with Gasteiger partial charge < -0.3 is 5.32 Å². The van der Waals surface area contributed by atoms with Gasteiger partial charge in [-0.1, -0.05) is 35.9 Å². The highest BCUT2D eigenvalue weighted by Gasteiger charge is 2.33. The molecular formula is C18H22N2. The molecule has 1 heterocycles. The number of hydrogen-bond acceptors (Lipinski definition) is 2. The fourth-order valence-electron chi connectivity index (χ4n) is 2.69. The summed E-state index contributed by atoms with van der Waals surface area (Å²) in [6, 6.07) is 15.8. The minimum atomic E-state index is 0.281. The third kappa shape index (κ3) is 3.07. The lowest BCUT2D eigenvalue weighted by atomic mass is 9.99. The van der Waals surface area contributed by atoms with Crippen molar-refractivity contribution in [3.63, 3.8) is 0 Å². The first-order valence-corrected chi connectivity index (χ1v) is 7.47. The summed E-state index contributed by atoms with van der Waals surface area (Å²) in [6.07, 6.45) is 4.53. The summed E-state index contributed by atoms with van der Waals surface area (Å²) >= 11 is 0. The molecular weight excluding hydrogens is 244 g/mol. The van der Waals surface area contributed by atoms with Crippen LogP contribution in [-0.4, -0.2) is 4.98 Å². The van der Waals surface area contributed by atoms with Gasteiger partial charge in [0.1, 0.15) is 0 Å². The van der Waals surface area contributed by atoms with Gasteiger partial charge in [-0.3, -0.25) is 4.98 Å². The summed E-state index contributed by atoms with van der Waals surface area (Å²) < 4.78 is 0. The van der Waals surface area contributed by atoms with Gasteiger partial charge in [-0.25, -0.2) is 0 Å². The lowest BCUT2D eigenvalue weighted by Gasteiger charge is -2.23. The molecule has 2 atom stereocenters. The SMILES string of the molecule is Cc1ccc(C(NC(C)c2ccccn2)C2CC2)cc1. The molecule has 0 amide bonds. The summed E-state index contributed by atoms with van der Waals surface area (Å²) in [6.45, 7) is 4.34. The molecule has 0 bridgehead atoms. The van der Waals surface area contributed by atoms with Gasteiger partial charge in [-0.2, -0.15) is 0 Å². The molecule has 20 heavy (non-hydrogen) atoms. The number of rotatable bonds is 5. The zero-order chi connectivity index (χ0) is 13.9. The van der Waals surface area contributed by atoms with Crippen molar-refractivity contribution in [1.29, 1.82) is 0 Å². The molecule has 1 saturated carbocycles. The summed E-state index contributed by atoms with van der Waals surface area (Å²) in [4.78, 5) is 4.46. The van der Waals surface area contributed by atoms with Crippen molar-refractivity contribution in [2.24, 2.45) is 5.92 Å². The number of pyridine rings is 1. The van der Waals surface area contributed by atoms with E-state index in [0.29, 0.717) is 6.04 Å². The Balaban J connectivity index is 1.76. The minimum absolute atomic E-state index is 0.281. The average Bonchev–Trinajstić information content (AvgIpc) is 3.31. The Labute approximate surface area is 121 Å². The lowest BCUT2D eigenvalue weighted by molar-refractivity contribution is 0.422. The fourth-order valence-corrected chi connectivity index (χ4v) is 2.69. The Kier molecular flexibility index (Phi) is 3.83. The van der Waals surface area contributed by atoms with E-state index in [1.807, 2.05) is 12.3 Å². The van der Waals surface area contributed by atoms with Crippen molar-refractivity contribution < 1.29 is 0 Å². The Morgan fingerprint density at radius 1 is 1.10 bits per heavy atom. The molecule has 2 heteroatoms. The van der Waals surface area contributed by atoms with Gasteiger partial charge in [0.15, 0.2) is 0 Å². The largest absolute Gasteiger partial charge is 0.302 e. The molecule has 2 unspecified atom stereocenters. The first-order chi connectivity index (χ1) is 9.74. The zero-order valence-electron chi connectivity index (χ0n) is 12.2. The van der Waals surface area contributed by atoms with Crippen LogP contribution in [0.2, 0.25) is 0 Å². The smallest absolute Gasteiger partial charge is 0.0570 e. The van der Waals surface area contributed by atoms with Crippen LogP contribution in [0.3, 0.4) is 0 Å². The molecule has 1 fully saturated rings. The van der Waals surface area contributed by atoms with Gasteiger partial charge in [0.05, 0.1) is 5.69 Å². The van der Waals surface area contributed by atoms with Crippen LogP contribution in [0, 0.1) is 12.8 Å². The third-order valence-corrected chi connectivity index (χ3v) is 4.09. The molecule has 104 valence electrons. The first-order valence-electron chi connectivity index (χ1n) is 7.47. The molecule has 3 rings (SSSR count). The average molecular weight is 266 g/mol. The molecule has 1 aromatic heterocycles. The Morgan fingerprint density at radius 2 is 1.85 bits per heavy atom. The van der Waals surface area contributed by atoms with Gasteiger partial charge in [0.2, 0.25) is 0 Å². The summed E-state index contributed by atoms with van der Waals surface area (Å²) in [5.41, 5.74) is 3.84. The zero-order valence-corrected chi connectivity index (χ0v) is 12.2. The highest BCUT2D eigenvalue weighted by Crippen LogP contribution is 2.42. The van der Waals surface area contributed by atoms with Crippen LogP contribution in [0.5, 0.6) is 0 Å². The van der Waals surface area contributed by atoms with E-state index in [0.717, 1.165) is 11.6 Å². The van der Waals surface area contributed by atoms with E-state index < -0.39 is 0 Å². The quantitative estimate of drug-likeness (QED) is 0.877. The summed E-state index contributed by atoms with van der Waals surface area (Å²) in [5, 5.41) is 3.77. The minimum Gasteiger partial charge on any atom is -0.302 e. The van der Waals surface area contributed by atoms with Crippen molar-refractivity contribution in [3.8, 4) is 0 Å². The van der Waals surface area contributed by atoms with Gasteiger partial charge in [0.25, 0.3) is 0 Å². The summed E-state index contributed by atoms with van der Waals surface area (Å²) in [5.74, 6) is 0.781. The van der Waals surface area contributed by atoms with E-state index in [-0.39, 0.29) is 6.04 Å². The van der Waals surface area contributed by atoms with E-state index >= 15 is 0 Å². The summed E-state index contributed by atoms with van der Waals surface area (Å²) in [7, 11) is 0. The Morgan fingerprint density at radius 3 is 2.45 bits per heavy atom. The van der Waals surface area contributed by atoms with Crippen LogP contribution < -0.4 is 5.32 Å². The van der Waals surface area contributed by atoms with E-state index in [1.54, 1.807) is 0 Å². The third-order valence-electron chi connectivity index (χ3n) is 4.09. The standard InChI is InChI=1S/C18H22N2/c1-13-6-8-15(9-7-13)18(16-10-11-16)20-14(2)17-5-3-4-12-19-17/h3-9,12,14,16,18,20H,10-11H2,1-2H3. The molecule has 2 aromatic rings. The van der Waals surface area contributed by atoms with E-state index in [1.165, 1.54) is 24.0 Å². The number of aromatic nitrogens is 1. The molecule has 0 spiro atoms. The highest BCUT2D eigenvalue weighted by molar-refractivity contribution is 5.26. The van der Waals surface area contributed by atoms with E-state index in [9.17, 15) is 0 Å². The second-order valence-electron chi connectivity index (χ2n) is 5.87. The molecule has 2 nitrogen and oxygen atoms in total. The maximum atomic E-state index is 4.46. The molecule has 0 saturated heterocycles. The number of aryl methyl sites for hydroxylation is 1. The fraction of sp³-hybridized carbons (Fsp3) is 0.389. The topological polar surface area (TPSA) is 24.9 Å². The van der Waals surface area contributed by atoms with Crippen molar-refractivity contribution in [1.82, 2.24) is 10.3 Å². The predicted molar refractivity (Wildman–Crippen MR) is 82.4 cm³/mol. The number of nitrogens with zero attached hydrogens (tertiary/aromatic N) is 1. The van der Waals surface area contributed by atoms with E-state index in [2.05, 4.69) is 60.5 Å². The van der Waals surface area contributed by atoms with Crippen LogP contribution in [0.1, 0.15) is 48.7 Å².